The first-order chi connectivity index (χ1) is 5.66. The molecule has 0 amide bonds. The third-order valence-corrected chi connectivity index (χ3v) is 2.07. The molecule has 1 aliphatic rings. The minimum atomic E-state index is -0.787. The summed E-state index contributed by atoms with van der Waals surface area (Å²) in [5.74, 6) is -0.787. The number of hydrogen-bond donors (Lipinski definition) is 1. The van der Waals surface area contributed by atoms with Crippen molar-refractivity contribution in [3.05, 3.63) is 11.3 Å². The Kier molecular flexibility index (Phi) is 2.74. The minimum Gasteiger partial charge on any atom is -0.478 e. The van der Waals surface area contributed by atoms with Crippen LogP contribution in [0.5, 0.6) is 0 Å². The molecule has 0 saturated carbocycles. The van der Waals surface area contributed by atoms with E-state index in [1.807, 2.05) is 0 Å². The van der Waals surface area contributed by atoms with Crippen molar-refractivity contribution >= 4 is 5.97 Å². The second-order valence-corrected chi connectivity index (χ2v) is 3.11. The molecular formula is C9H15NO2. The van der Waals surface area contributed by atoms with Crippen LogP contribution < -0.4 is 0 Å². The van der Waals surface area contributed by atoms with Gasteiger partial charge in [0.15, 0.2) is 0 Å². The van der Waals surface area contributed by atoms with E-state index in [0.29, 0.717) is 5.57 Å². The van der Waals surface area contributed by atoms with Crippen molar-refractivity contribution in [3.8, 4) is 0 Å². The van der Waals surface area contributed by atoms with Crippen molar-refractivity contribution < 1.29 is 9.90 Å². The first-order valence-electron chi connectivity index (χ1n) is 4.34. The van der Waals surface area contributed by atoms with Gasteiger partial charge in [-0.15, -0.1) is 0 Å². The van der Waals surface area contributed by atoms with E-state index < -0.39 is 5.97 Å². The fourth-order valence-corrected chi connectivity index (χ4v) is 1.26. The number of carboxylic acid groups (broad SMARTS) is 1. The van der Waals surface area contributed by atoms with Crippen molar-refractivity contribution in [1.29, 1.82) is 0 Å². The number of allylic oxidation sites excluding steroid dienone is 1. The van der Waals surface area contributed by atoms with Gasteiger partial charge < -0.3 is 10.0 Å². The molecule has 1 N–H and O–H groups in total. The molecule has 0 aromatic heterocycles. The number of aliphatic carboxylic acids is 1. The van der Waals surface area contributed by atoms with Crippen molar-refractivity contribution in [3.63, 3.8) is 0 Å². The topological polar surface area (TPSA) is 40.3 Å². The van der Waals surface area contributed by atoms with E-state index in [1.165, 1.54) is 0 Å². The van der Waals surface area contributed by atoms with Gasteiger partial charge in [-0.2, -0.15) is 0 Å². The molecule has 0 bridgehead atoms. The Morgan fingerprint density at radius 2 is 2.08 bits per heavy atom. The van der Waals surface area contributed by atoms with Crippen LogP contribution in [-0.2, 0) is 4.79 Å². The van der Waals surface area contributed by atoms with E-state index in [1.54, 1.807) is 6.92 Å². The summed E-state index contributed by atoms with van der Waals surface area (Å²) in [6.07, 6.45) is 1.90. The Balaban J connectivity index is 2.73. The van der Waals surface area contributed by atoms with Crippen LogP contribution in [0.3, 0.4) is 0 Å². The maximum atomic E-state index is 10.7. The third-order valence-electron chi connectivity index (χ3n) is 2.07. The van der Waals surface area contributed by atoms with Gasteiger partial charge >= 0.3 is 5.97 Å². The molecular weight excluding hydrogens is 154 g/mol. The highest BCUT2D eigenvalue weighted by Crippen LogP contribution is 2.22. The Labute approximate surface area is 72.7 Å². The lowest BCUT2D eigenvalue weighted by Crippen LogP contribution is -2.07. The first kappa shape index (κ1) is 9.10. The summed E-state index contributed by atoms with van der Waals surface area (Å²) in [5, 5.41) is 8.77. The number of carboxylic acids is 1. The van der Waals surface area contributed by atoms with E-state index >= 15 is 0 Å². The first-order valence-corrected chi connectivity index (χ1v) is 4.34. The van der Waals surface area contributed by atoms with Crippen molar-refractivity contribution in [1.82, 2.24) is 4.90 Å². The van der Waals surface area contributed by atoms with Crippen LogP contribution >= 0.6 is 0 Å². The molecule has 1 rings (SSSR count). The zero-order chi connectivity index (χ0) is 9.14. The predicted octanol–water partition coefficient (Wildman–Crippen LogP) is 1.46. The van der Waals surface area contributed by atoms with Crippen LogP contribution in [0.4, 0.5) is 0 Å². The third kappa shape index (κ3) is 2.00. The molecule has 1 fully saturated rings. The smallest absolute Gasteiger partial charge is 0.333 e. The van der Waals surface area contributed by atoms with E-state index in [0.717, 1.165) is 31.6 Å². The quantitative estimate of drug-likeness (QED) is 0.511. The van der Waals surface area contributed by atoms with Crippen LogP contribution in [0.25, 0.3) is 0 Å². The molecule has 1 saturated heterocycles. The fourth-order valence-electron chi connectivity index (χ4n) is 1.26. The average molecular weight is 169 g/mol. The van der Waals surface area contributed by atoms with E-state index in [-0.39, 0.29) is 0 Å². The number of nitrogens with zero attached hydrogens (tertiary/aromatic N) is 1. The van der Waals surface area contributed by atoms with Crippen LogP contribution in [0, 0.1) is 0 Å². The van der Waals surface area contributed by atoms with Crippen LogP contribution in [0.1, 0.15) is 26.7 Å². The Morgan fingerprint density at radius 3 is 2.42 bits per heavy atom. The fraction of sp³-hybridized carbons (Fsp3) is 0.667. The molecule has 0 aromatic rings. The van der Waals surface area contributed by atoms with Crippen molar-refractivity contribution in [2.45, 2.75) is 26.7 Å². The maximum absolute atomic E-state index is 10.7. The summed E-state index contributed by atoms with van der Waals surface area (Å²) in [7, 11) is 0. The monoisotopic (exact) mass is 169 g/mol. The maximum Gasteiger partial charge on any atom is 0.333 e. The standard InChI is InChI=1S/C9H15NO2/c1-3-4-8(10-5-6-10)7(2)9(11)12/h3-6H2,1-2H3,(H,11,12). The molecule has 68 valence electrons. The largest absolute Gasteiger partial charge is 0.478 e. The van der Waals surface area contributed by atoms with Crippen LogP contribution in [0.15, 0.2) is 11.3 Å². The minimum absolute atomic E-state index is 0.509. The average Bonchev–Trinajstić information content (AvgIpc) is 2.81. The Morgan fingerprint density at radius 1 is 1.50 bits per heavy atom. The summed E-state index contributed by atoms with van der Waals surface area (Å²) < 4.78 is 0. The lowest BCUT2D eigenvalue weighted by atomic mass is 10.1. The van der Waals surface area contributed by atoms with Gasteiger partial charge in [-0.3, -0.25) is 0 Å². The van der Waals surface area contributed by atoms with Gasteiger partial charge in [0.05, 0.1) is 5.57 Å². The molecule has 3 heteroatoms. The van der Waals surface area contributed by atoms with Gasteiger partial charge in [-0.05, 0) is 13.3 Å². The Bertz CT molecular complexity index is 217. The van der Waals surface area contributed by atoms with Gasteiger partial charge in [0.2, 0.25) is 0 Å². The van der Waals surface area contributed by atoms with E-state index in [4.69, 9.17) is 5.11 Å². The van der Waals surface area contributed by atoms with Gasteiger partial charge in [-0.25, -0.2) is 4.79 Å². The highest BCUT2D eigenvalue weighted by Gasteiger charge is 2.23. The number of carbonyl (C=O) groups is 1. The van der Waals surface area contributed by atoms with Crippen LogP contribution in [0.2, 0.25) is 0 Å². The summed E-state index contributed by atoms with van der Waals surface area (Å²) >= 11 is 0. The highest BCUT2D eigenvalue weighted by molar-refractivity contribution is 5.86. The highest BCUT2D eigenvalue weighted by atomic mass is 16.4. The number of hydrogen-bond acceptors (Lipinski definition) is 2. The molecule has 0 unspecified atom stereocenters. The lowest BCUT2D eigenvalue weighted by molar-refractivity contribution is -0.132. The molecule has 1 heterocycles. The van der Waals surface area contributed by atoms with Crippen molar-refractivity contribution in [2.24, 2.45) is 0 Å². The lowest BCUT2D eigenvalue weighted by Gasteiger charge is -2.09. The summed E-state index contributed by atoms with van der Waals surface area (Å²) in [4.78, 5) is 12.8. The van der Waals surface area contributed by atoms with Gasteiger partial charge in [0.25, 0.3) is 0 Å². The van der Waals surface area contributed by atoms with Crippen molar-refractivity contribution in [2.75, 3.05) is 13.1 Å². The molecule has 0 atom stereocenters. The molecule has 1 aliphatic heterocycles. The van der Waals surface area contributed by atoms with Gasteiger partial charge in [0, 0.05) is 18.8 Å². The number of rotatable bonds is 4. The second-order valence-electron chi connectivity index (χ2n) is 3.11. The molecule has 12 heavy (non-hydrogen) atoms. The normalized spacial score (nSPS) is 17.3. The van der Waals surface area contributed by atoms with E-state index in [2.05, 4.69) is 11.8 Å². The molecule has 0 aromatic carbocycles. The van der Waals surface area contributed by atoms with Gasteiger partial charge in [-0.1, -0.05) is 13.3 Å². The molecule has 0 radical (unpaired) electrons. The summed E-state index contributed by atoms with van der Waals surface area (Å²) in [6, 6.07) is 0. The SMILES string of the molecule is CCCC(=C(C)C(=O)O)N1CC1. The summed E-state index contributed by atoms with van der Waals surface area (Å²) in [6.45, 7) is 5.81. The summed E-state index contributed by atoms with van der Waals surface area (Å²) in [5.41, 5.74) is 1.53. The van der Waals surface area contributed by atoms with E-state index in [9.17, 15) is 4.79 Å². The predicted molar refractivity (Wildman–Crippen MR) is 46.8 cm³/mol. The van der Waals surface area contributed by atoms with Crippen LogP contribution in [-0.4, -0.2) is 29.1 Å². The second kappa shape index (κ2) is 3.61. The molecule has 0 spiro atoms. The Hall–Kier alpha value is -0.990. The van der Waals surface area contributed by atoms with Gasteiger partial charge in [0.1, 0.15) is 0 Å². The molecule has 0 aliphatic carbocycles. The zero-order valence-electron chi connectivity index (χ0n) is 7.63. The zero-order valence-corrected chi connectivity index (χ0v) is 7.63. The molecule has 3 nitrogen and oxygen atoms in total.